The molecule has 0 heterocycles. The predicted molar refractivity (Wildman–Crippen MR) is 64.7 cm³/mol. The van der Waals surface area contributed by atoms with Gasteiger partial charge in [-0.05, 0) is 31.0 Å². The zero-order chi connectivity index (χ0) is 12.9. The van der Waals surface area contributed by atoms with Crippen molar-refractivity contribution in [2.75, 3.05) is 0 Å². The lowest BCUT2D eigenvalue weighted by Crippen LogP contribution is -2.21. The minimum Gasteiger partial charge on any atom is -0.385 e. The molecule has 1 aromatic rings. The van der Waals surface area contributed by atoms with Gasteiger partial charge in [0.2, 0.25) is 0 Å². The minimum absolute atomic E-state index is 0.312. The summed E-state index contributed by atoms with van der Waals surface area (Å²) < 4.78 is 26.1. The molecule has 0 aromatic heterocycles. The van der Waals surface area contributed by atoms with Crippen molar-refractivity contribution in [3.8, 4) is 0 Å². The van der Waals surface area contributed by atoms with E-state index in [9.17, 15) is 13.9 Å². The van der Waals surface area contributed by atoms with E-state index in [1.54, 1.807) is 6.92 Å². The van der Waals surface area contributed by atoms with E-state index < -0.39 is 17.2 Å². The summed E-state index contributed by atoms with van der Waals surface area (Å²) in [5.41, 5.74) is -0.844. The number of halogens is 2. The number of hydrogen-bond acceptors (Lipinski definition) is 1. The number of unbranched alkanes of at least 4 members (excludes halogenated alkanes) is 3. The van der Waals surface area contributed by atoms with E-state index in [0.717, 1.165) is 31.7 Å². The van der Waals surface area contributed by atoms with Gasteiger partial charge in [0.05, 0.1) is 5.60 Å². The van der Waals surface area contributed by atoms with Gasteiger partial charge < -0.3 is 5.11 Å². The van der Waals surface area contributed by atoms with Crippen LogP contribution in [0.1, 0.15) is 51.5 Å². The van der Waals surface area contributed by atoms with Crippen LogP contribution in [0.3, 0.4) is 0 Å². The fourth-order valence-electron chi connectivity index (χ4n) is 1.91. The zero-order valence-electron chi connectivity index (χ0n) is 10.5. The van der Waals surface area contributed by atoms with Gasteiger partial charge in [0.1, 0.15) is 11.6 Å². The van der Waals surface area contributed by atoms with Crippen molar-refractivity contribution >= 4 is 0 Å². The van der Waals surface area contributed by atoms with Crippen LogP contribution in [0.15, 0.2) is 18.2 Å². The Morgan fingerprint density at radius 2 is 1.65 bits per heavy atom. The average molecular weight is 242 g/mol. The van der Waals surface area contributed by atoms with Gasteiger partial charge in [-0.1, -0.05) is 32.6 Å². The van der Waals surface area contributed by atoms with Crippen molar-refractivity contribution in [1.82, 2.24) is 0 Å². The molecular formula is C14H20F2O. The third-order valence-electron chi connectivity index (χ3n) is 3.00. The Morgan fingerprint density at radius 3 is 2.18 bits per heavy atom. The first kappa shape index (κ1) is 14.1. The van der Waals surface area contributed by atoms with E-state index >= 15 is 0 Å². The number of aliphatic hydroxyl groups is 1. The summed E-state index contributed by atoms with van der Waals surface area (Å²) in [4.78, 5) is 0. The van der Waals surface area contributed by atoms with Crippen LogP contribution in [-0.4, -0.2) is 5.11 Å². The Morgan fingerprint density at radius 1 is 1.06 bits per heavy atom. The molecular weight excluding hydrogens is 222 g/mol. The van der Waals surface area contributed by atoms with Crippen molar-refractivity contribution < 1.29 is 13.9 Å². The fourth-order valence-corrected chi connectivity index (χ4v) is 1.91. The lowest BCUT2D eigenvalue weighted by molar-refractivity contribution is 0.0442. The zero-order valence-corrected chi connectivity index (χ0v) is 10.5. The van der Waals surface area contributed by atoms with Gasteiger partial charge in [-0.2, -0.15) is 0 Å². The van der Waals surface area contributed by atoms with E-state index in [1.807, 2.05) is 0 Å². The molecule has 1 atom stereocenters. The molecule has 0 spiro atoms. The summed E-state index contributed by atoms with van der Waals surface area (Å²) in [7, 11) is 0. The highest BCUT2D eigenvalue weighted by Crippen LogP contribution is 2.28. The molecule has 0 aliphatic carbocycles. The predicted octanol–water partition coefficient (Wildman–Crippen LogP) is 4.14. The van der Waals surface area contributed by atoms with Gasteiger partial charge >= 0.3 is 0 Å². The van der Waals surface area contributed by atoms with Gasteiger partial charge in [0.25, 0.3) is 0 Å². The lowest BCUT2D eigenvalue weighted by Gasteiger charge is -2.24. The highest BCUT2D eigenvalue weighted by atomic mass is 19.1. The smallest absolute Gasteiger partial charge is 0.126 e. The summed E-state index contributed by atoms with van der Waals surface area (Å²) in [5.74, 6) is -1.29. The van der Waals surface area contributed by atoms with E-state index in [0.29, 0.717) is 12.0 Å². The van der Waals surface area contributed by atoms with Crippen LogP contribution in [0.4, 0.5) is 8.78 Å². The summed E-state index contributed by atoms with van der Waals surface area (Å²) in [6.07, 6.45) is 4.66. The minimum atomic E-state index is -1.16. The molecule has 0 fully saturated rings. The highest BCUT2D eigenvalue weighted by Gasteiger charge is 2.23. The second kappa shape index (κ2) is 6.10. The molecule has 0 radical (unpaired) electrons. The summed E-state index contributed by atoms with van der Waals surface area (Å²) >= 11 is 0. The quantitative estimate of drug-likeness (QED) is 0.743. The standard InChI is InChI=1S/C14H20F2O/c1-3-4-5-6-7-14(2,17)11-8-12(15)10-13(16)9-11/h8-10,17H,3-7H2,1-2H3. The van der Waals surface area contributed by atoms with Crippen molar-refractivity contribution in [2.24, 2.45) is 0 Å². The third kappa shape index (κ3) is 4.43. The van der Waals surface area contributed by atoms with Crippen LogP contribution < -0.4 is 0 Å². The van der Waals surface area contributed by atoms with Crippen molar-refractivity contribution in [3.63, 3.8) is 0 Å². The Balaban J connectivity index is 2.67. The van der Waals surface area contributed by atoms with Gasteiger partial charge in [-0.3, -0.25) is 0 Å². The molecule has 1 nitrogen and oxygen atoms in total. The average Bonchev–Trinajstić information content (AvgIpc) is 2.23. The molecule has 0 aliphatic heterocycles. The topological polar surface area (TPSA) is 20.2 Å². The van der Waals surface area contributed by atoms with Crippen LogP contribution in [0.5, 0.6) is 0 Å². The molecule has 96 valence electrons. The third-order valence-corrected chi connectivity index (χ3v) is 3.00. The van der Waals surface area contributed by atoms with Crippen LogP contribution in [0.25, 0.3) is 0 Å². The first-order valence-electron chi connectivity index (χ1n) is 6.14. The van der Waals surface area contributed by atoms with E-state index in [4.69, 9.17) is 0 Å². The normalized spacial score (nSPS) is 14.6. The molecule has 1 aromatic carbocycles. The van der Waals surface area contributed by atoms with Crippen LogP contribution in [0.2, 0.25) is 0 Å². The van der Waals surface area contributed by atoms with Gasteiger partial charge in [0.15, 0.2) is 0 Å². The monoisotopic (exact) mass is 242 g/mol. The van der Waals surface area contributed by atoms with E-state index in [-0.39, 0.29) is 0 Å². The van der Waals surface area contributed by atoms with Crippen molar-refractivity contribution in [2.45, 2.75) is 51.6 Å². The summed E-state index contributed by atoms with van der Waals surface area (Å²) in [6.45, 7) is 3.72. The molecule has 0 saturated carbocycles. The maximum atomic E-state index is 13.1. The molecule has 1 unspecified atom stereocenters. The Bertz CT molecular complexity index is 341. The van der Waals surface area contributed by atoms with Crippen molar-refractivity contribution in [3.05, 3.63) is 35.4 Å². The van der Waals surface area contributed by atoms with Crippen LogP contribution in [-0.2, 0) is 5.60 Å². The molecule has 0 amide bonds. The van der Waals surface area contributed by atoms with E-state index in [1.165, 1.54) is 12.1 Å². The first-order chi connectivity index (χ1) is 7.95. The number of rotatable bonds is 6. The summed E-state index contributed by atoms with van der Waals surface area (Å²) in [5, 5.41) is 10.2. The lowest BCUT2D eigenvalue weighted by atomic mass is 9.90. The van der Waals surface area contributed by atoms with Gasteiger partial charge in [-0.15, -0.1) is 0 Å². The Labute approximate surface area is 101 Å². The molecule has 0 bridgehead atoms. The second-order valence-corrected chi connectivity index (χ2v) is 4.74. The first-order valence-corrected chi connectivity index (χ1v) is 6.14. The molecule has 0 saturated heterocycles. The maximum Gasteiger partial charge on any atom is 0.126 e. The molecule has 17 heavy (non-hydrogen) atoms. The number of hydrogen-bond donors (Lipinski definition) is 1. The van der Waals surface area contributed by atoms with Crippen LogP contribution >= 0.6 is 0 Å². The highest BCUT2D eigenvalue weighted by molar-refractivity contribution is 5.23. The molecule has 3 heteroatoms. The SMILES string of the molecule is CCCCCCC(C)(O)c1cc(F)cc(F)c1. The maximum absolute atomic E-state index is 13.1. The van der Waals surface area contributed by atoms with Gasteiger partial charge in [0, 0.05) is 6.07 Å². The molecule has 1 N–H and O–H groups in total. The molecule has 0 aliphatic rings. The van der Waals surface area contributed by atoms with Crippen LogP contribution in [0, 0.1) is 11.6 Å². The fraction of sp³-hybridized carbons (Fsp3) is 0.571. The van der Waals surface area contributed by atoms with E-state index in [2.05, 4.69) is 6.92 Å². The summed E-state index contributed by atoms with van der Waals surface area (Å²) in [6, 6.07) is 3.21. The van der Waals surface area contributed by atoms with Crippen molar-refractivity contribution in [1.29, 1.82) is 0 Å². The second-order valence-electron chi connectivity index (χ2n) is 4.74. The Hall–Kier alpha value is -0.960. The largest absolute Gasteiger partial charge is 0.385 e. The Kier molecular flexibility index (Phi) is 5.06. The van der Waals surface area contributed by atoms with Gasteiger partial charge in [-0.25, -0.2) is 8.78 Å². The molecule has 1 rings (SSSR count). The number of benzene rings is 1.